The molecule has 0 N–H and O–H groups in total. The van der Waals surface area contributed by atoms with E-state index < -0.39 is 11.6 Å². The van der Waals surface area contributed by atoms with Gasteiger partial charge in [0.1, 0.15) is 0 Å². The van der Waals surface area contributed by atoms with Crippen molar-refractivity contribution in [3.63, 3.8) is 0 Å². The van der Waals surface area contributed by atoms with E-state index in [1.807, 2.05) is 0 Å². The molecule has 2 atom stereocenters. The fourth-order valence-corrected chi connectivity index (χ4v) is 0.440. The molecule has 6 nitrogen and oxygen atoms in total. The third-order valence-electron chi connectivity index (χ3n) is 2.03. The van der Waals surface area contributed by atoms with Gasteiger partial charge < -0.3 is 20.3 Å². The first kappa shape index (κ1) is 17.7. The summed E-state index contributed by atoms with van der Waals surface area (Å²) >= 11 is 0. The molecule has 93 valence electrons. The Kier molecular flexibility index (Phi) is 8.86. The van der Waals surface area contributed by atoms with Gasteiger partial charge >= 0.3 is 16.8 Å². The summed E-state index contributed by atoms with van der Waals surface area (Å²) in [5.41, 5.74) is 0. The average molecular weight is 267 g/mol. The smallest absolute Gasteiger partial charge is 0.721 e. The molecule has 0 spiro atoms. The van der Waals surface area contributed by atoms with E-state index >= 15 is 0 Å². The van der Waals surface area contributed by atoms with Crippen LogP contribution in [-0.2, 0) is 36.3 Å². The second-order valence-electron chi connectivity index (χ2n) is 3.31. The molecule has 0 fully saturated rings. The zero-order valence-electron chi connectivity index (χ0n) is 9.20. The van der Waals surface area contributed by atoms with E-state index in [-0.39, 0.29) is 29.6 Å². The predicted molar refractivity (Wildman–Crippen MR) is 41.7 cm³/mol. The number of rotatable bonds is 7. The SMILES string of the molecule is CCC(C)(O[O-])OOC(C)(CC)O[O-].[Co+2]. The summed E-state index contributed by atoms with van der Waals surface area (Å²) in [5.74, 6) is -2.82. The van der Waals surface area contributed by atoms with E-state index in [0.29, 0.717) is 0 Å². The topological polar surface area (TPSA) is 83.0 Å². The van der Waals surface area contributed by atoms with Gasteiger partial charge in [-0.05, 0) is 13.8 Å². The zero-order valence-corrected chi connectivity index (χ0v) is 10.2. The molecular weight excluding hydrogens is 251 g/mol. The van der Waals surface area contributed by atoms with E-state index in [9.17, 15) is 10.5 Å². The van der Waals surface area contributed by atoms with Gasteiger partial charge in [-0.3, -0.25) is 0 Å². The summed E-state index contributed by atoms with van der Waals surface area (Å²) in [6.07, 6.45) is 0.574. The van der Waals surface area contributed by atoms with Crippen molar-refractivity contribution in [2.45, 2.75) is 52.1 Å². The van der Waals surface area contributed by atoms with Crippen LogP contribution in [0.15, 0.2) is 0 Å². The van der Waals surface area contributed by atoms with Gasteiger partial charge in [0.05, 0.1) is 0 Å². The normalized spacial score (nSPS) is 18.8. The molecule has 0 aliphatic rings. The molecule has 0 heterocycles. The van der Waals surface area contributed by atoms with Gasteiger partial charge in [0.2, 0.25) is 0 Å². The first-order valence-electron chi connectivity index (χ1n) is 4.44. The van der Waals surface area contributed by atoms with E-state index in [4.69, 9.17) is 9.78 Å². The molecule has 0 aromatic rings. The average Bonchev–Trinajstić information content (AvgIpc) is 2.25. The first-order valence-corrected chi connectivity index (χ1v) is 4.44. The summed E-state index contributed by atoms with van der Waals surface area (Å²) in [4.78, 5) is 17.1. The summed E-state index contributed by atoms with van der Waals surface area (Å²) in [5, 5.41) is 20.5. The van der Waals surface area contributed by atoms with Crippen LogP contribution in [-0.4, -0.2) is 11.6 Å². The maximum absolute atomic E-state index is 10.3. The summed E-state index contributed by atoms with van der Waals surface area (Å²) in [6, 6.07) is 0. The van der Waals surface area contributed by atoms with Crippen LogP contribution in [0.1, 0.15) is 40.5 Å². The van der Waals surface area contributed by atoms with Crippen molar-refractivity contribution in [1.29, 1.82) is 0 Å². The fourth-order valence-electron chi connectivity index (χ4n) is 0.440. The minimum Gasteiger partial charge on any atom is -0.721 e. The molecule has 0 bridgehead atoms. The molecule has 0 aromatic heterocycles. The van der Waals surface area contributed by atoms with Crippen LogP contribution in [0, 0.1) is 0 Å². The van der Waals surface area contributed by atoms with E-state index in [1.54, 1.807) is 13.8 Å². The van der Waals surface area contributed by atoms with E-state index in [0.717, 1.165) is 0 Å². The number of hydrogen-bond acceptors (Lipinski definition) is 6. The minimum atomic E-state index is -1.41. The van der Waals surface area contributed by atoms with Crippen molar-refractivity contribution in [3.8, 4) is 0 Å². The first-order chi connectivity index (χ1) is 6.45. The molecule has 15 heavy (non-hydrogen) atoms. The van der Waals surface area contributed by atoms with Crippen LogP contribution < -0.4 is 10.5 Å². The van der Waals surface area contributed by atoms with Crippen molar-refractivity contribution in [1.82, 2.24) is 0 Å². The van der Waals surface area contributed by atoms with Crippen molar-refractivity contribution in [2.75, 3.05) is 0 Å². The van der Waals surface area contributed by atoms with Crippen LogP contribution in [0.4, 0.5) is 0 Å². The van der Waals surface area contributed by atoms with Gasteiger partial charge in [0, 0.05) is 12.8 Å². The van der Waals surface area contributed by atoms with Crippen LogP contribution in [0.2, 0.25) is 0 Å². The maximum atomic E-state index is 10.3. The minimum absolute atomic E-state index is 0. The predicted octanol–water partition coefficient (Wildman–Crippen LogP) is -0.232. The molecule has 2 unspecified atom stereocenters. The summed E-state index contributed by atoms with van der Waals surface area (Å²) < 4.78 is 0. The quantitative estimate of drug-likeness (QED) is 0.360. The third-order valence-corrected chi connectivity index (χ3v) is 2.03. The molecule has 0 saturated heterocycles. The van der Waals surface area contributed by atoms with Crippen LogP contribution >= 0.6 is 0 Å². The molecular formula is C8H16CoO6. The Morgan fingerprint density at radius 3 is 1.27 bits per heavy atom. The van der Waals surface area contributed by atoms with Crippen molar-refractivity contribution < 1.29 is 46.8 Å². The molecule has 0 aliphatic heterocycles. The van der Waals surface area contributed by atoms with Crippen LogP contribution in [0.25, 0.3) is 0 Å². The molecule has 0 amide bonds. The molecule has 0 aromatic carbocycles. The van der Waals surface area contributed by atoms with Gasteiger partial charge in [0.25, 0.3) is 0 Å². The summed E-state index contributed by atoms with van der Waals surface area (Å²) in [6.45, 7) is 6.17. The molecule has 0 saturated carbocycles. The van der Waals surface area contributed by atoms with Gasteiger partial charge in [-0.2, -0.15) is 9.78 Å². The Morgan fingerprint density at radius 1 is 0.867 bits per heavy atom. The second-order valence-corrected chi connectivity index (χ2v) is 3.31. The molecule has 1 radical (unpaired) electrons. The third kappa shape index (κ3) is 5.78. The van der Waals surface area contributed by atoms with Gasteiger partial charge in [-0.1, -0.05) is 13.8 Å². The Bertz CT molecular complexity index is 139. The second kappa shape index (κ2) is 7.53. The van der Waals surface area contributed by atoms with Crippen molar-refractivity contribution >= 4 is 0 Å². The molecule has 0 rings (SSSR count). The fraction of sp³-hybridized carbons (Fsp3) is 1.00. The van der Waals surface area contributed by atoms with Crippen molar-refractivity contribution in [3.05, 3.63) is 0 Å². The van der Waals surface area contributed by atoms with Gasteiger partial charge in [-0.25, -0.2) is 0 Å². The zero-order chi connectivity index (χ0) is 11.2. The monoisotopic (exact) mass is 267 g/mol. The molecule has 0 aliphatic carbocycles. The Balaban J connectivity index is 0. The summed E-state index contributed by atoms with van der Waals surface area (Å²) in [7, 11) is 0. The van der Waals surface area contributed by atoms with Gasteiger partial charge in [0.15, 0.2) is 11.6 Å². The largest absolute Gasteiger partial charge is 2.00 e. The van der Waals surface area contributed by atoms with Crippen LogP contribution in [0.5, 0.6) is 0 Å². The Hall–Kier alpha value is 0.266. The standard InChI is InChI=1S/C8H18O6.Co/c1-5-7(3,11-9)13-14-8(4,6-2)12-10;/h9-10H,5-6H2,1-4H3;/q;+2/p-2. The van der Waals surface area contributed by atoms with E-state index in [1.165, 1.54) is 13.8 Å². The van der Waals surface area contributed by atoms with E-state index in [2.05, 4.69) is 9.78 Å². The Labute approximate surface area is 99.4 Å². The molecule has 7 heteroatoms. The van der Waals surface area contributed by atoms with Gasteiger partial charge in [-0.15, -0.1) is 0 Å². The Morgan fingerprint density at radius 2 is 1.13 bits per heavy atom. The van der Waals surface area contributed by atoms with Crippen LogP contribution in [0.3, 0.4) is 0 Å². The van der Waals surface area contributed by atoms with Crippen molar-refractivity contribution in [2.24, 2.45) is 0 Å². The number of hydrogen-bond donors (Lipinski definition) is 0. The maximum Gasteiger partial charge on any atom is 2.00 e.